The largest absolute Gasteiger partial charge is 0.341 e. The Balaban J connectivity index is 1.39. The van der Waals surface area contributed by atoms with Crippen molar-refractivity contribution < 1.29 is 9.59 Å². The third-order valence-electron chi connectivity index (χ3n) is 5.24. The average Bonchev–Trinajstić information content (AvgIpc) is 3.36. The van der Waals surface area contributed by atoms with E-state index in [1.807, 2.05) is 4.90 Å². The van der Waals surface area contributed by atoms with Crippen molar-refractivity contribution in [1.82, 2.24) is 15.1 Å². The van der Waals surface area contributed by atoms with Gasteiger partial charge >= 0.3 is 0 Å². The summed E-state index contributed by atoms with van der Waals surface area (Å²) >= 11 is 0. The standard InChI is InChI=1S/C17H29N3O2/c21-16-4-2-1-3-9-20(16)13-17(22)19-10-7-15(8-11-19)18-12-14-5-6-14/h14-15,18H,1-13H2. The van der Waals surface area contributed by atoms with Gasteiger partial charge in [-0.1, -0.05) is 6.42 Å². The quantitative estimate of drug-likeness (QED) is 0.835. The molecule has 1 saturated carbocycles. The first-order chi connectivity index (χ1) is 10.7. The summed E-state index contributed by atoms with van der Waals surface area (Å²) in [6.07, 6.45) is 8.59. The Labute approximate surface area is 133 Å². The van der Waals surface area contributed by atoms with Crippen LogP contribution < -0.4 is 5.32 Å². The zero-order chi connectivity index (χ0) is 15.4. The van der Waals surface area contributed by atoms with E-state index in [2.05, 4.69) is 5.32 Å². The lowest BCUT2D eigenvalue weighted by Crippen LogP contribution is -2.49. The number of nitrogens with zero attached hydrogens (tertiary/aromatic N) is 2. The Kier molecular flexibility index (Phi) is 5.34. The Hall–Kier alpha value is -1.10. The molecular formula is C17H29N3O2. The molecule has 2 aliphatic heterocycles. The smallest absolute Gasteiger partial charge is 0.242 e. The molecule has 0 aromatic heterocycles. The first-order valence-corrected chi connectivity index (χ1v) is 9.01. The van der Waals surface area contributed by atoms with Crippen LogP contribution in [0.2, 0.25) is 0 Å². The van der Waals surface area contributed by atoms with Gasteiger partial charge in [-0.05, 0) is 51.0 Å². The van der Waals surface area contributed by atoms with Crippen molar-refractivity contribution >= 4 is 11.8 Å². The minimum Gasteiger partial charge on any atom is -0.341 e. The summed E-state index contributed by atoms with van der Waals surface area (Å²) in [7, 11) is 0. The highest BCUT2D eigenvalue weighted by molar-refractivity contribution is 5.85. The molecule has 5 heteroatoms. The zero-order valence-electron chi connectivity index (χ0n) is 13.6. The van der Waals surface area contributed by atoms with Crippen LogP contribution in [0.1, 0.15) is 51.4 Å². The van der Waals surface area contributed by atoms with Crippen LogP contribution in [-0.4, -0.2) is 60.4 Å². The van der Waals surface area contributed by atoms with E-state index in [9.17, 15) is 9.59 Å². The maximum absolute atomic E-state index is 12.4. The molecule has 1 aliphatic carbocycles. The van der Waals surface area contributed by atoms with E-state index in [-0.39, 0.29) is 11.8 Å². The van der Waals surface area contributed by atoms with Gasteiger partial charge in [0, 0.05) is 32.1 Å². The molecule has 124 valence electrons. The van der Waals surface area contributed by atoms with Gasteiger partial charge in [-0.2, -0.15) is 0 Å². The highest BCUT2D eigenvalue weighted by Crippen LogP contribution is 2.28. The molecule has 2 amide bonds. The van der Waals surface area contributed by atoms with Crippen LogP contribution >= 0.6 is 0 Å². The maximum atomic E-state index is 12.4. The molecule has 0 aromatic rings. The summed E-state index contributed by atoms with van der Waals surface area (Å²) in [6.45, 7) is 3.87. The highest BCUT2D eigenvalue weighted by atomic mass is 16.2. The summed E-state index contributed by atoms with van der Waals surface area (Å²) in [5, 5.41) is 3.64. The molecular weight excluding hydrogens is 278 g/mol. The van der Waals surface area contributed by atoms with E-state index in [4.69, 9.17) is 0 Å². The van der Waals surface area contributed by atoms with Crippen LogP contribution in [0, 0.1) is 5.92 Å². The summed E-state index contributed by atoms with van der Waals surface area (Å²) in [4.78, 5) is 28.1. The fourth-order valence-corrected chi connectivity index (χ4v) is 3.46. The Morgan fingerprint density at radius 3 is 2.55 bits per heavy atom. The average molecular weight is 307 g/mol. The monoisotopic (exact) mass is 307 g/mol. The van der Waals surface area contributed by atoms with E-state index < -0.39 is 0 Å². The third kappa shape index (κ3) is 4.45. The molecule has 0 spiro atoms. The van der Waals surface area contributed by atoms with Crippen LogP contribution in [0.15, 0.2) is 0 Å². The summed E-state index contributed by atoms with van der Waals surface area (Å²) < 4.78 is 0. The van der Waals surface area contributed by atoms with Gasteiger partial charge in [0.1, 0.15) is 0 Å². The number of rotatable bonds is 5. The second-order valence-corrected chi connectivity index (χ2v) is 7.13. The van der Waals surface area contributed by atoms with Crippen molar-refractivity contribution in [3.05, 3.63) is 0 Å². The van der Waals surface area contributed by atoms with Gasteiger partial charge < -0.3 is 15.1 Å². The molecule has 3 aliphatic rings. The van der Waals surface area contributed by atoms with E-state index >= 15 is 0 Å². The van der Waals surface area contributed by atoms with Gasteiger partial charge in [-0.25, -0.2) is 0 Å². The molecule has 2 saturated heterocycles. The Bertz CT molecular complexity index is 401. The number of nitrogens with one attached hydrogen (secondary N) is 1. The fourth-order valence-electron chi connectivity index (χ4n) is 3.46. The number of likely N-dealkylation sites (tertiary alicyclic amines) is 2. The zero-order valence-corrected chi connectivity index (χ0v) is 13.6. The van der Waals surface area contributed by atoms with Gasteiger partial charge in [-0.3, -0.25) is 9.59 Å². The van der Waals surface area contributed by atoms with Crippen LogP contribution in [-0.2, 0) is 9.59 Å². The van der Waals surface area contributed by atoms with Crippen molar-refractivity contribution in [1.29, 1.82) is 0 Å². The molecule has 0 aromatic carbocycles. The first kappa shape index (κ1) is 15.8. The van der Waals surface area contributed by atoms with Gasteiger partial charge in [0.2, 0.25) is 11.8 Å². The molecule has 5 nitrogen and oxygen atoms in total. The van der Waals surface area contributed by atoms with Gasteiger partial charge in [0.25, 0.3) is 0 Å². The molecule has 0 atom stereocenters. The highest BCUT2D eigenvalue weighted by Gasteiger charge is 2.27. The maximum Gasteiger partial charge on any atom is 0.242 e. The fraction of sp³-hybridized carbons (Fsp3) is 0.882. The second kappa shape index (κ2) is 7.44. The lowest BCUT2D eigenvalue weighted by Gasteiger charge is -2.34. The molecule has 0 bridgehead atoms. The van der Waals surface area contributed by atoms with E-state index in [0.29, 0.717) is 19.0 Å². The van der Waals surface area contributed by atoms with Crippen molar-refractivity contribution in [2.24, 2.45) is 5.92 Å². The molecule has 2 heterocycles. The van der Waals surface area contributed by atoms with Gasteiger partial charge in [0.15, 0.2) is 0 Å². The molecule has 0 unspecified atom stereocenters. The predicted octanol–water partition coefficient (Wildman–Crippen LogP) is 1.38. The van der Waals surface area contributed by atoms with Crippen LogP contribution in [0.25, 0.3) is 0 Å². The topological polar surface area (TPSA) is 52.7 Å². The molecule has 22 heavy (non-hydrogen) atoms. The van der Waals surface area contributed by atoms with Crippen LogP contribution in [0.4, 0.5) is 0 Å². The second-order valence-electron chi connectivity index (χ2n) is 7.13. The van der Waals surface area contributed by atoms with Gasteiger partial charge in [-0.15, -0.1) is 0 Å². The lowest BCUT2D eigenvalue weighted by molar-refractivity contribution is -0.140. The third-order valence-corrected chi connectivity index (χ3v) is 5.24. The van der Waals surface area contributed by atoms with Crippen molar-refractivity contribution in [2.45, 2.75) is 57.4 Å². The minimum absolute atomic E-state index is 0.135. The van der Waals surface area contributed by atoms with Crippen molar-refractivity contribution in [3.8, 4) is 0 Å². The predicted molar refractivity (Wildman–Crippen MR) is 85.4 cm³/mol. The number of piperidine rings is 1. The lowest BCUT2D eigenvalue weighted by atomic mass is 10.0. The molecule has 0 radical (unpaired) electrons. The summed E-state index contributed by atoms with van der Waals surface area (Å²) in [5.41, 5.74) is 0. The van der Waals surface area contributed by atoms with Crippen molar-refractivity contribution in [2.75, 3.05) is 32.7 Å². The number of hydrogen-bond donors (Lipinski definition) is 1. The van der Waals surface area contributed by atoms with Crippen LogP contribution in [0.5, 0.6) is 0 Å². The van der Waals surface area contributed by atoms with E-state index in [1.165, 1.54) is 12.8 Å². The minimum atomic E-state index is 0.135. The molecule has 3 fully saturated rings. The summed E-state index contributed by atoms with van der Waals surface area (Å²) in [5.74, 6) is 1.21. The molecule has 3 rings (SSSR count). The summed E-state index contributed by atoms with van der Waals surface area (Å²) in [6, 6.07) is 0.574. The van der Waals surface area contributed by atoms with E-state index in [1.54, 1.807) is 4.90 Å². The normalized spacial score (nSPS) is 24.5. The Morgan fingerprint density at radius 1 is 1.05 bits per heavy atom. The SMILES string of the molecule is O=C(CN1CCCCCC1=O)N1CCC(NCC2CC2)CC1. The number of carbonyl (C=O) groups excluding carboxylic acids is 2. The van der Waals surface area contributed by atoms with Crippen molar-refractivity contribution in [3.63, 3.8) is 0 Å². The Morgan fingerprint density at radius 2 is 1.82 bits per heavy atom. The number of amides is 2. The molecule has 1 N–H and O–H groups in total. The number of hydrogen-bond acceptors (Lipinski definition) is 3. The first-order valence-electron chi connectivity index (χ1n) is 9.01. The van der Waals surface area contributed by atoms with Crippen LogP contribution in [0.3, 0.4) is 0 Å². The van der Waals surface area contributed by atoms with E-state index in [0.717, 1.165) is 64.2 Å². The number of carbonyl (C=O) groups is 2. The van der Waals surface area contributed by atoms with Gasteiger partial charge in [0.05, 0.1) is 6.54 Å².